The molecule has 80 valence electrons. The van der Waals surface area contributed by atoms with Crippen LogP contribution in [0.4, 0.5) is 0 Å². The minimum atomic E-state index is 0.0856. The largest absolute Gasteiger partial charge is 0.333 e. The molecule has 1 aromatic heterocycles. The Morgan fingerprint density at radius 2 is 2.40 bits per heavy atom. The van der Waals surface area contributed by atoms with Crippen LogP contribution in [0.5, 0.6) is 0 Å². The SMILES string of the molecule is CC(=O)N1CCC[C@@H]1c1nccc(C)n1. The van der Waals surface area contributed by atoms with Crippen molar-refractivity contribution in [3.63, 3.8) is 0 Å². The van der Waals surface area contributed by atoms with Crippen molar-refractivity contribution in [1.82, 2.24) is 14.9 Å². The molecule has 0 bridgehead atoms. The van der Waals surface area contributed by atoms with Gasteiger partial charge in [0.25, 0.3) is 0 Å². The number of rotatable bonds is 1. The van der Waals surface area contributed by atoms with E-state index in [1.54, 1.807) is 13.1 Å². The molecule has 1 aliphatic heterocycles. The van der Waals surface area contributed by atoms with Crippen LogP contribution in [-0.4, -0.2) is 27.3 Å². The Balaban J connectivity index is 2.26. The van der Waals surface area contributed by atoms with Crippen LogP contribution >= 0.6 is 0 Å². The van der Waals surface area contributed by atoms with E-state index in [9.17, 15) is 4.79 Å². The predicted molar refractivity (Wildman–Crippen MR) is 56.1 cm³/mol. The van der Waals surface area contributed by atoms with E-state index in [0.717, 1.165) is 30.9 Å². The van der Waals surface area contributed by atoms with E-state index in [-0.39, 0.29) is 11.9 Å². The third-order valence-electron chi connectivity index (χ3n) is 2.77. The summed E-state index contributed by atoms with van der Waals surface area (Å²) >= 11 is 0. The zero-order chi connectivity index (χ0) is 10.8. The molecule has 0 saturated carbocycles. The van der Waals surface area contributed by atoms with Crippen LogP contribution in [0.25, 0.3) is 0 Å². The number of aryl methyl sites for hydroxylation is 1. The average molecular weight is 205 g/mol. The summed E-state index contributed by atoms with van der Waals surface area (Å²) in [4.78, 5) is 21.9. The van der Waals surface area contributed by atoms with Crippen LogP contribution < -0.4 is 0 Å². The minimum Gasteiger partial charge on any atom is -0.333 e. The van der Waals surface area contributed by atoms with Gasteiger partial charge < -0.3 is 4.90 Å². The fourth-order valence-corrected chi connectivity index (χ4v) is 2.04. The molecule has 0 radical (unpaired) electrons. The number of nitrogens with zero attached hydrogens (tertiary/aromatic N) is 3. The minimum absolute atomic E-state index is 0.0856. The molecule has 0 N–H and O–H groups in total. The summed E-state index contributed by atoms with van der Waals surface area (Å²) in [5.74, 6) is 0.894. The quantitative estimate of drug-likeness (QED) is 0.697. The maximum Gasteiger partial charge on any atom is 0.220 e. The second kappa shape index (κ2) is 3.96. The fraction of sp³-hybridized carbons (Fsp3) is 0.545. The second-order valence-corrected chi connectivity index (χ2v) is 3.93. The summed E-state index contributed by atoms with van der Waals surface area (Å²) in [6.07, 6.45) is 3.78. The molecule has 1 aromatic rings. The van der Waals surface area contributed by atoms with Gasteiger partial charge in [0.2, 0.25) is 5.91 Å². The first-order chi connectivity index (χ1) is 7.18. The molecular formula is C11H15N3O. The molecule has 4 nitrogen and oxygen atoms in total. The van der Waals surface area contributed by atoms with Gasteiger partial charge in [0.15, 0.2) is 5.82 Å². The molecule has 1 amide bonds. The van der Waals surface area contributed by atoms with E-state index in [1.807, 2.05) is 17.9 Å². The topological polar surface area (TPSA) is 46.1 Å². The van der Waals surface area contributed by atoms with Crippen LogP contribution in [0.2, 0.25) is 0 Å². The number of hydrogen-bond donors (Lipinski definition) is 0. The lowest BCUT2D eigenvalue weighted by Gasteiger charge is -2.21. The Labute approximate surface area is 89.3 Å². The van der Waals surface area contributed by atoms with E-state index >= 15 is 0 Å². The zero-order valence-electron chi connectivity index (χ0n) is 9.10. The van der Waals surface area contributed by atoms with E-state index in [2.05, 4.69) is 9.97 Å². The van der Waals surface area contributed by atoms with Gasteiger partial charge in [-0.3, -0.25) is 4.79 Å². The number of hydrogen-bond acceptors (Lipinski definition) is 3. The Hall–Kier alpha value is -1.45. The monoisotopic (exact) mass is 205 g/mol. The average Bonchev–Trinajstić information content (AvgIpc) is 2.65. The van der Waals surface area contributed by atoms with Crippen molar-refractivity contribution >= 4 is 5.91 Å². The number of carbonyl (C=O) groups excluding carboxylic acids is 1. The summed E-state index contributed by atoms with van der Waals surface area (Å²) in [5, 5.41) is 0. The maximum atomic E-state index is 11.4. The Morgan fingerprint density at radius 3 is 3.07 bits per heavy atom. The normalized spacial score (nSPS) is 20.7. The van der Waals surface area contributed by atoms with Gasteiger partial charge in [-0.15, -0.1) is 0 Å². The lowest BCUT2D eigenvalue weighted by Crippen LogP contribution is -2.29. The molecule has 0 unspecified atom stereocenters. The Morgan fingerprint density at radius 1 is 1.60 bits per heavy atom. The molecule has 2 heterocycles. The molecule has 4 heteroatoms. The van der Waals surface area contributed by atoms with Gasteiger partial charge in [-0.2, -0.15) is 0 Å². The van der Waals surface area contributed by atoms with Gasteiger partial charge in [0, 0.05) is 25.4 Å². The molecule has 1 saturated heterocycles. The molecule has 0 aliphatic carbocycles. The number of aromatic nitrogens is 2. The highest BCUT2D eigenvalue weighted by atomic mass is 16.2. The van der Waals surface area contributed by atoms with Gasteiger partial charge in [0.05, 0.1) is 6.04 Å². The first kappa shape index (κ1) is 10.1. The summed E-state index contributed by atoms with van der Waals surface area (Å²) in [6.45, 7) is 4.38. The molecule has 1 aliphatic rings. The predicted octanol–water partition coefficient (Wildman–Crippen LogP) is 1.47. The number of carbonyl (C=O) groups is 1. The van der Waals surface area contributed by atoms with Crippen molar-refractivity contribution in [2.24, 2.45) is 0 Å². The van der Waals surface area contributed by atoms with E-state index in [4.69, 9.17) is 0 Å². The van der Waals surface area contributed by atoms with Crippen molar-refractivity contribution in [3.05, 3.63) is 23.8 Å². The molecule has 1 fully saturated rings. The fourth-order valence-electron chi connectivity index (χ4n) is 2.04. The lowest BCUT2D eigenvalue weighted by atomic mass is 10.2. The highest BCUT2D eigenvalue weighted by Gasteiger charge is 2.29. The smallest absolute Gasteiger partial charge is 0.220 e. The van der Waals surface area contributed by atoms with Crippen molar-refractivity contribution in [2.75, 3.05) is 6.54 Å². The maximum absolute atomic E-state index is 11.4. The van der Waals surface area contributed by atoms with Crippen LogP contribution in [0, 0.1) is 6.92 Å². The number of likely N-dealkylation sites (tertiary alicyclic amines) is 1. The van der Waals surface area contributed by atoms with Crippen molar-refractivity contribution in [1.29, 1.82) is 0 Å². The van der Waals surface area contributed by atoms with Gasteiger partial charge in [-0.05, 0) is 25.8 Å². The molecular weight excluding hydrogens is 190 g/mol. The standard InChI is InChI=1S/C11H15N3O/c1-8-5-6-12-11(13-8)10-4-3-7-14(10)9(2)15/h5-6,10H,3-4,7H2,1-2H3/t10-/m1/s1. The van der Waals surface area contributed by atoms with Gasteiger partial charge >= 0.3 is 0 Å². The van der Waals surface area contributed by atoms with Crippen molar-refractivity contribution in [2.45, 2.75) is 32.7 Å². The molecule has 1 atom stereocenters. The highest BCUT2D eigenvalue weighted by molar-refractivity contribution is 5.74. The first-order valence-corrected chi connectivity index (χ1v) is 5.25. The van der Waals surface area contributed by atoms with Crippen LogP contribution in [0.1, 0.15) is 37.3 Å². The molecule has 0 spiro atoms. The summed E-state index contributed by atoms with van der Waals surface area (Å²) in [6, 6.07) is 1.96. The molecule has 0 aromatic carbocycles. The van der Waals surface area contributed by atoms with Gasteiger partial charge in [0.1, 0.15) is 0 Å². The van der Waals surface area contributed by atoms with E-state index < -0.39 is 0 Å². The van der Waals surface area contributed by atoms with Crippen molar-refractivity contribution in [3.8, 4) is 0 Å². The summed E-state index contributed by atoms with van der Waals surface area (Å²) in [5.41, 5.74) is 0.954. The summed E-state index contributed by atoms with van der Waals surface area (Å²) < 4.78 is 0. The Kier molecular flexibility index (Phi) is 2.66. The van der Waals surface area contributed by atoms with Crippen LogP contribution in [-0.2, 0) is 4.79 Å². The molecule has 15 heavy (non-hydrogen) atoms. The lowest BCUT2D eigenvalue weighted by molar-refractivity contribution is -0.129. The highest BCUT2D eigenvalue weighted by Crippen LogP contribution is 2.29. The van der Waals surface area contributed by atoms with Crippen molar-refractivity contribution < 1.29 is 4.79 Å². The third-order valence-corrected chi connectivity index (χ3v) is 2.77. The summed E-state index contributed by atoms with van der Waals surface area (Å²) in [7, 11) is 0. The van der Waals surface area contributed by atoms with Gasteiger partial charge in [-0.25, -0.2) is 9.97 Å². The molecule has 2 rings (SSSR count). The van der Waals surface area contributed by atoms with Crippen LogP contribution in [0.15, 0.2) is 12.3 Å². The van der Waals surface area contributed by atoms with Gasteiger partial charge in [-0.1, -0.05) is 0 Å². The second-order valence-electron chi connectivity index (χ2n) is 3.93. The third kappa shape index (κ3) is 1.98. The van der Waals surface area contributed by atoms with E-state index in [0.29, 0.717) is 0 Å². The first-order valence-electron chi connectivity index (χ1n) is 5.25. The number of amides is 1. The zero-order valence-corrected chi connectivity index (χ0v) is 9.10. The Bertz CT molecular complexity index is 378. The van der Waals surface area contributed by atoms with Crippen LogP contribution in [0.3, 0.4) is 0 Å². The van der Waals surface area contributed by atoms with E-state index in [1.165, 1.54) is 0 Å².